The molecule has 0 bridgehead atoms. The van der Waals surface area contributed by atoms with E-state index in [0.717, 1.165) is 32.8 Å². The van der Waals surface area contributed by atoms with Gasteiger partial charge in [0.15, 0.2) is 11.5 Å². The van der Waals surface area contributed by atoms with Gasteiger partial charge in [0.2, 0.25) is 11.0 Å². The number of methoxy groups -OCH3 is 1. The molecule has 0 saturated carbocycles. The Hall–Kier alpha value is -3.59. The Bertz CT molecular complexity index is 1380. The molecule has 2 aromatic heterocycles. The Morgan fingerprint density at radius 1 is 1.12 bits per heavy atom. The zero-order valence-corrected chi connectivity index (χ0v) is 20.4. The number of aromatic nitrogens is 3. The fourth-order valence-corrected chi connectivity index (χ4v) is 5.32. The standard InChI is InChI=1S/C25H26N4O4S/c1-5-32-19-10-7-15(11-20(19)33-6-2)17-13-22(30)27-24-23(17)14(3)28-29(24)25-26-18-9-8-16(31-4)12-21(18)34-25/h7-12,17H,5-6,13H2,1-4H3,(H,27,30)/t17-/m1/s1. The van der Waals surface area contributed by atoms with Crippen LogP contribution in [0.4, 0.5) is 5.82 Å². The van der Waals surface area contributed by atoms with Crippen molar-refractivity contribution in [2.24, 2.45) is 0 Å². The van der Waals surface area contributed by atoms with Crippen molar-refractivity contribution in [2.45, 2.75) is 33.1 Å². The molecule has 1 amide bonds. The predicted octanol–water partition coefficient (Wildman–Crippen LogP) is 5.07. The van der Waals surface area contributed by atoms with Gasteiger partial charge in [-0.1, -0.05) is 17.4 Å². The Kier molecular flexibility index (Phi) is 5.87. The van der Waals surface area contributed by atoms with E-state index in [0.29, 0.717) is 42.1 Å². The summed E-state index contributed by atoms with van der Waals surface area (Å²) in [5.41, 5.74) is 3.68. The quantitative estimate of drug-likeness (QED) is 0.399. The topological polar surface area (TPSA) is 87.5 Å². The van der Waals surface area contributed by atoms with Gasteiger partial charge in [0.25, 0.3) is 0 Å². The predicted molar refractivity (Wildman–Crippen MR) is 132 cm³/mol. The number of aryl methyl sites for hydroxylation is 1. The smallest absolute Gasteiger partial charge is 0.226 e. The molecule has 1 aliphatic heterocycles. The minimum atomic E-state index is -0.151. The molecule has 2 aromatic carbocycles. The third kappa shape index (κ3) is 3.86. The summed E-state index contributed by atoms with van der Waals surface area (Å²) in [4.78, 5) is 17.5. The van der Waals surface area contributed by atoms with Gasteiger partial charge < -0.3 is 19.5 Å². The summed E-state index contributed by atoms with van der Waals surface area (Å²) >= 11 is 1.50. The molecule has 1 aliphatic rings. The number of anilines is 1. The van der Waals surface area contributed by atoms with Gasteiger partial charge in [0, 0.05) is 17.9 Å². The van der Waals surface area contributed by atoms with Crippen LogP contribution in [0.2, 0.25) is 0 Å². The first-order chi connectivity index (χ1) is 16.5. The van der Waals surface area contributed by atoms with Gasteiger partial charge in [-0.15, -0.1) is 0 Å². The van der Waals surface area contributed by atoms with E-state index < -0.39 is 0 Å². The second-order valence-electron chi connectivity index (χ2n) is 7.97. The van der Waals surface area contributed by atoms with Gasteiger partial charge in [-0.05, 0) is 56.7 Å². The number of hydrogen-bond donors (Lipinski definition) is 1. The molecule has 34 heavy (non-hydrogen) atoms. The number of thiazole rings is 1. The third-order valence-electron chi connectivity index (χ3n) is 5.84. The van der Waals surface area contributed by atoms with Crippen LogP contribution < -0.4 is 19.5 Å². The molecule has 176 valence electrons. The first-order valence-electron chi connectivity index (χ1n) is 11.3. The van der Waals surface area contributed by atoms with E-state index in [2.05, 4.69) is 5.32 Å². The lowest BCUT2D eigenvalue weighted by atomic mass is 9.85. The molecule has 3 heterocycles. The van der Waals surface area contributed by atoms with E-state index in [1.54, 1.807) is 11.8 Å². The van der Waals surface area contributed by atoms with Crippen LogP contribution in [-0.4, -0.2) is 41.0 Å². The number of amides is 1. The molecule has 0 saturated heterocycles. The molecule has 4 aromatic rings. The highest BCUT2D eigenvalue weighted by Crippen LogP contribution is 2.43. The number of rotatable bonds is 7. The van der Waals surface area contributed by atoms with Crippen LogP contribution in [0.5, 0.6) is 17.2 Å². The number of benzene rings is 2. The number of carbonyl (C=O) groups excluding carboxylic acids is 1. The zero-order valence-electron chi connectivity index (χ0n) is 19.5. The summed E-state index contributed by atoms with van der Waals surface area (Å²) in [5, 5.41) is 8.50. The van der Waals surface area contributed by atoms with Gasteiger partial charge in [0.05, 0.1) is 36.2 Å². The fraction of sp³-hybridized carbons (Fsp3) is 0.320. The van der Waals surface area contributed by atoms with E-state index in [9.17, 15) is 4.79 Å². The SMILES string of the molecule is CCOc1ccc([C@H]2CC(=O)Nc3c2c(C)nn3-c2nc3ccc(OC)cc3s2)cc1OCC. The maximum atomic E-state index is 12.8. The van der Waals surface area contributed by atoms with Crippen molar-refractivity contribution >= 4 is 33.3 Å². The zero-order chi connectivity index (χ0) is 23.8. The number of carbonyl (C=O) groups is 1. The van der Waals surface area contributed by atoms with Crippen LogP contribution >= 0.6 is 11.3 Å². The highest BCUT2D eigenvalue weighted by molar-refractivity contribution is 7.20. The van der Waals surface area contributed by atoms with E-state index in [4.69, 9.17) is 24.3 Å². The van der Waals surface area contributed by atoms with Crippen LogP contribution in [-0.2, 0) is 4.79 Å². The molecular formula is C25H26N4O4S. The van der Waals surface area contributed by atoms with Gasteiger partial charge in [0.1, 0.15) is 11.6 Å². The van der Waals surface area contributed by atoms with Crippen molar-refractivity contribution in [1.82, 2.24) is 14.8 Å². The summed E-state index contributed by atoms with van der Waals surface area (Å²) in [7, 11) is 1.64. The summed E-state index contributed by atoms with van der Waals surface area (Å²) < 4.78 is 19.6. The highest BCUT2D eigenvalue weighted by atomic mass is 32.1. The van der Waals surface area contributed by atoms with Crippen LogP contribution in [0.3, 0.4) is 0 Å². The molecule has 0 aliphatic carbocycles. The summed E-state index contributed by atoms with van der Waals surface area (Å²) in [5.74, 6) is 2.60. The van der Waals surface area contributed by atoms with Crippen LogP contribution in [0.25, 0.3) is 15.3 Å². The molecule has 1 atom stereocenters. The number of ether oxygens (including phenoxy) is 3. The van der Waals surface area contributed by atoms with Crippen molar-refractivity contribution in [3.05, 3.63) is 53.2 Å². The number of nitrogens with one attached hydrogen (secondary N) is 1. The van der Waals surface area contributed by atoms with Gasteiger partial charge >= 0.3 is 0 Å². The molecule has 9 heteroatoms. The molecule has 0 unspecified atom stereocenters. The van der Waals surface area contributed by atoms with E-state index >= 15 is 0 Å². The number of fused-ring (bicyclic) bond motifs is 2. The summed E-state index contributed by atoms with van der Waals surface area (Å²) in [6, 6.07) is 11.7. The third-order valence-corrected chi connectivity index (χ3v) is 6.83. The summed E-state index contributed by atoms with van der Waals surface area (Å²) in [6.45, 7) is 6.93. The number of nitrogens with zero attached hydrogens (tertiary/aromatic N) is 3. The Labute approximate surface area is 201 Å². The second kappa shape index (κ2) is 8.98. The van der Waals surface area contributed by atoms with Crippen LogP contribution in [0, 0.1) is 6.92 Å². The van der Waals surface area contributed by atoms with Gasteiger partial charge in [-0.25, -0.2) is 4.98 Å². The average molecular weight is 479 g/mol. The van der Waals surface area contributed by atoms with Crippen molar-refractivity contribution in [1.29, 1.82) is 0 Å². The Morgan fingerprint density at radius 2 is 1.91 bits per heavy atom. The molecule has 1 N–H and O–H groups in total. The van der Waals surface area contributed by atoms with Crippen LogP contribution in [0.1, 0.15) is 43.0 Å². The van der Waals surface area contributed by atoms with Crippen molar-refractivity contribution < 1.29 is 19.0 Å². The monoisotopic (exact) mass is 478 g/mol. The second-order valence-corrected chi connectivity index (χ2v) is 8.98. The normalized spacial score (nSPS) is 15.2. The largest absolute Gasteiger partial charge is 0.497 e. The van der Waals surface area contributed by atoms with Crippen molar-refractivity contribution in [3.8, 4) is 22.4 Å². The van der Waals surface area contributed by atoms with Crippen molar-refractivity contribution in [3.63, 3.8) is 0 Å². The maximum Gasteiger partial charge on any atom is 0.226 e. The van der Waals surface area contributed by atoms with Crippen LogP contribution in [0.15, 0.2) is 36.4 Å². The maximum absolute atomic E-state index is 12.8. The average Bonchev–Trinajstić information content (AvgIpc) is 3.40. The lowest BCUT2D eigenvalue weighted by Gasteiger charge is -2.25. The molecule has 0 fully saturated rings. The molecule has 8 nitrogen and oxygen atoms in total. The Balaban J connectivity index is 1.60. The molecule has 0 radical (unpaired) electrons. The van der Waals surface area contributed by atoms with Crippen molar-refractivity contribution in [2.75, 3.05) is 25.6 Å². The lowest BCUT2D eigenvalue weighted by molar-refractivity contribution is -0.116. The molecular weight excluding hydrogens is 452 g/mol. The minimum absolute atomic E-state index is 0.0618. The first kappa shape index (κ1) is 22.2. The first-order valence-corrected chi connectivity index (χ1v) is 12.1. The fourth-order valence-electron chi connectivity index (χ4n) is 4.37. The lowest BCUT2D eigenvalue weighted by Crippen LogP contribution is -2.25. The van der Waals surface area contributed by atoms with E-state index in [1.165, 1.54) is 11.3 Å². The van der Waals surface area contributed by atoms with Gasteiger partial charge in [-0.2, -0.15) is 9.78 Å². The number of hydrogen-bond acceptors (Lipinski definition) is 7. The summed E-state index contributed by atoms with van der Waals surface area (Å²) in [6.07, 6.45) is 0.329. The van der Waals surface area contributed by atoms with Gasteiger partial charge in [-0.3, -0.25) is 4.79 Å². The highest BCUT2D eigenvalue weighted by Gasteiger charge is 2.33. The van der Waals surface area contributed by atoms with E-state index in [-0.39, 0.29) is 11.8 Å². The minimum Gasteiger partial charge on any atom is -0.497 e. The molecule has 0 spiro atoms. The van der Waals surface area contributed by atoms with E-state index in [1.807, 2.05) is 57.2 Å². The molecule has 5 rings (SSSR count). The Morgan fingerprint density at radius 3 is 2.68 bits per heavy atom.